The zero-order chi connectivity index (χ0) is 8.85. The number of hydrogen-bond donors (Lipinski definition) is 1. The van der Waals surface area contributed by atoms with E-state index < -0.39 is 0 Å². The summed E-state index contributed by atoms with van der Waals surface area (Å²) in [5.41, 5.74) is 2.64. The van der Waals surface area contributed by atoms with Crippen LogP contribution < -0.4 is 5.53 Å². The summed E-state index contributed by atoms with van der Waals surface area (Å²) in [5.74, 6) is 0. The molecule has 66 valence electrons. The highest BCUT2D eigenvalue weighted by Gasteiger charge is 2.09. The fourth-order valence-corrected chi connectivity index (χ4v) is 0.558. The predicted octanol–water partition coefficient (Wildman–Crippen LogP) is 1.16. The number of rotatable bonds is 5. The highest BCUT2D eigenvalue weighted by Crippen LogP contribution is 1.98. The Morgan fingerprint density at radius 3 is 2.18 bits per heavy atom. The number of nitrogens with one attached hydrogen (secondary N) is 1. The van der Waals surface area contributed by atoms with E-state index in [0.717, 1.165) is 0 Å². The van der Waals surface area contributed by atoms with Gasteiger partial charge >= 0.3 is 0 Å². The van der Waals surface area contributed by atoms with Gasteiger partial charge in [-0.05, 0) is 27.7 Å². The second-order valence-electron chi connectivity index (χ2n) is 2.83. The molecule has 0 saturated heterocycles. The molecule has 0 bridgehead atoms. The van der Waals surface area contributed by atoms with Gasteiger partial charge in [0.2, 0.25) is 0 Å². The number of hydrazone groups is 1. The smallest absolute Gasteiger partial charge is 0.0759 e. The molecule has 0 fully saturated rings. The summed E-state index contributed by atoms with van der Waals surface area (Å²) >= 11 is 0. The van der Waals surface area contributed by atoms with Gasteiger partial charge in [0.1, 0.15) is 0 Å². The van der Waals surface area contributed by atoms with Crippen molar-refractivity contribution in [3.8, 4) is 0 Å². The van der Waals surface area contributed by atoms with Crippen molar-refractivity contribution in [2.45, 2.75) is 39.8 Å². The van der Waals surface area contributed by atoms with Gasteiger partial charge in [0.25, 0.3) is 0 Å². The van der Waals surface area contributed by atoms with Crippen LogP contribution in [0.25, 0.3) is 0 Å². The summed E-state index contributed by atoms with van der Waals surface area (Å²) in [6.07, 6.45) is 0.145. The molecular weight excluding hydrogens is 142 g/mol. The van der Waals surface area contributed by atoms with Crippen LogP contribution in [0, 0.1) is 0 Å². The Hall–Kier alpha value is -0.610. The zero-order valence-electron chi connectivity index (χ0n) is 7.66. The maximum absolute atomic E-state index is 5.34. The van der Waals surface area contributed by atoms with Crippen molar-refractivity contribution in [1.29, 1.82) is 0 Å². The largest absolute Gasteiger partial charge is 0.275 e. The number of nitrogens with zero attached hydrogens (tertiary/aromatic N) is 2. The van der Waals surface area contributed by atoms with Crippen molar-refractivity contribution in [2.75, 3.05) is 0 Å². The third-order valence-corrected chi connectivity index (χ3v) is 0.963. The van der Waals surface area contributed by atoms with Gasteiger partial charge in [-0.2, -0.15) is 5.10 Å². The average Bonchev–Trinajstić information content (AvgIpc) is 1.86. The van der Waals surface area contributed by atoms with Gasteiger partial charge in [-0.1, -0.05) is 5.17 Å². The minimum absolute atomic E-state index is 0.145. The van der Waals surface area contributed by atoms with Crippen LogP contribution >= 0.6 is 0 Å². The first-order valence-corrected chi connectivity index (χ1v) is 3.75. The summed E-state index contributed by atoms with van der Waals surface area (Å²) in [7, 11) is 0. The molecule has 1 N–H and O–H groups in total. The van der Waals surface area contributed by atoms with E-state index in [0.29, 0.717) is 0 Å². The van der Waals surface area contributed by atoms with Crippen molar-refractivity contribution in [3.63, 3.8) is 0 Å². The summed E-state index contributed by atoms with van der Waals surface area (Å²) < 4.78 is 0. The van der Waals surface area contributed by atoms with E-state index in [1.54, 1.807) is 5.17 Å². The molecule has 0 atom stereocenters. The molecular formula is C7H17N3O. The quantitative estimate of drug-likeness (QED) is 0.483. The average molecular weight is 159 g/mol. The molecule has 0 amide bonds. The minimum atomic E-state index is 0.145. The molecule has 0 rings (SSSR count). The van der Waals surface area contributed by atoms with Crippen LogP contribution in [-0.4, -0.2) is 24.0 Å². The lowest BCUT2D eigenvalue weighted by atomic mass is 10.4. The van der Waals surface area contributed by atoms with E-state index in [9.17, 15) is 0 Å². The van der Waals surface area contributed by atoms with Crippen molar-refractivity contribution < 1.29 is 4.84 Å². The fraction of sp³-hybridized carbons (Fsp3) is 0.857. The van der Waals surface area contributed by atoms with E-state index in [2.05, 4.69) is 17.4 Å². The molecule has 0 aliphatic heterocycles. The molecule has 0 heterocycles. The van der Waals surface area contributed by atoms with Crippen molar-refractivity contribution in [3.05, 3.63) is 0 Å². The third kappa shape index (κ3) is 4.75. The van der Waals surface area contributed by atoms with Crippen LogP contribution in [0.5, 0.6) is 0 Å². The lowest BCUT2D eigenvalue weighted by Crippen LogP contribution is -2.41. The Morgan fingerprint density at radius 1 is 1.36 bits per heavy atom. The van der Waals surface area contributed by atoms with Crippen LogP contribution in [0.2, 0.25) is 0 Å². The van der Waals surface area contributed by atoms with Crippen molar-refractivity contribution >= 4 is 6.72 Å². The Balaban J connectivity index is 3.78. The highest BCUT2D eigenvalue weighted by atomic mass is 16.7. The van der Waals surface area contributed by atoms with Gasteiger partial charge in [0.05, 0.1) is 12.1 Å². The summed E-state index contributed by atoms with van der Waals surface area (Å²) in [6, 6.07) is 0.239. The monoisotopic (exact) mass is 159 g/mol. The molecule has 0 aliphatic rings. The molecule has 0 saturated carbocycles. The molecule has 0 aliphatic carbocycles. The van der Waals surface area contributed by atoms with E-state index in [4.69, 9.17) is 4.84 Å². The first-order valence-electron chi connectivity index (χ1n) is 3.75. The predicted molar refractivity (Wildman–Crippen MR) is 45.9 cm³/mol. The van der Waals surface area contributed by atoms with Crippen molar-refractivity contribution in [1.82, 2.24) is 10.7 Å². The lowest BCUT2D eigenvalue weighted by Gasteiger charge is -2.25. The number of hydrazine groups is 1. The standard InChI is InChI=1S/C7H17N3O/c1-6(2)10(9-8-5)11-7(3)4/h6-7,9H,5H2,1-4H3. The summed E-state index contributed by atoms with van der Waals surface area (Å²) in [5, 5.41) is 5.08. The molecule has 0 aromatic carbocycles. The zero-order valence-corrected chi connectivity index (χ0v) is 7.66. The first-order chi connectivity index (χ1) is 5.07. The first kappa shape index (κ1) is 10.4. The lowest BCUT2D eigenvalue weighted by molar-refractivity contribution is -0.239. The van der Waals surface area contributed by atoms with Gasteiger partial charge in [-0.25, -0.2) is 5.53 Å². The summed E-state index contributed by atoms with van der Waals surface area (Å²) in [6.45, 7) is 11.2. The van der Waals surface area contributed by atoms with E-state index >= 15 is 0 Å². The molecule has 0 unspecified atom stereocenters. The Labute approximate surface area is 68.1 Å². The topological polar surface area (TPSA) is 36.9 Å². The van der Waals surface area contributed by atoms with Gasteiger partial charge in [-0.3, -0.25) is 4.84 Å². The number of hydroxylamine groups is 1. The summed E-state index contributed by atoms with van der Waals surface area (Å²) in [4.78, 5) is 5.34. The molecule has 4 nitrogen and oxygen atoms in total. The van der Waals surface area contributed by atoms with E-state index in [-0.39, 0.29) is 12.1 Å². The van der Waals surface area contributed by atoms with Crippen LogP contribution in [0.1, 0.15) is 27.7 Å². The molecule has 11 heavy (non-hydrogen) atoms. The molecule has 0 aromatic heterocycles. The fourth-order valence-electron chi connectivity index (χ4n) is 0.558. The van der Waals surface area contributed by atoms with Crippen LogP contribution in [-0.2, 0) is 4.84 Å². The molecule has 4 heteroatoms. The Bertz CT molecular complexity index is 114. The molecule has 0 aromatic rings. The highest BCUT2D eigenvalue weighted by molar-refractivity contribution is 5.22. The van der Waals surface area contributed by atoms with Crippen LogP contribution in [0.3, 0.4) is 0 Å². The van der Waals surface area contributed by atoms with Crippen LogP contribution in [0.4, 0.5) is 0 Å². The maximum Gasteiger partial charge on any atom is 0.0759 e. The Kier molecular flexibility index (Phi) is 4.81. The van der Waals surface area contributed by atoms with Crippen LogP contribution in [0.15, 0.2) is 5.10 Å². The Morgan fingerprint density at radius 2 is 1.91 bits per heavy atom. The SMILES string of the molecule is C=NNN(OC(C)C)C(C)C. The van der Waals surface area contributed by atoms with Gasteiger partial charge in [-0.15, -0.1) is 0 Å². The van der Waals surface area contributed by atoms with Gasteiger partial charge in [0, 0.05) is 6.72 Å². The third-order valence-electron chi connectivity index (χ3n) is 0.963. The maximum atomic E-state index is 5.34. The van der Waals surface area contributed by atoms with E-state index in [1.807, 2.05) is 27.7 Å². The molecule has 0 radical (unpaired) electrons. The second kappa shape index (κ2) is 5.09. The minimum Gasteiger partial charge on any atom is -0.275 e. The molecule has 0 spiro atoms. The van der Waals surface area contributed by atoms with Gasteiger partial charge < -0.3 is 0 Å². The number of hydrogen-bond acceptors (Lipinski definition) is 4. The van der Waals surface area contributed by atoms with Crippen molar-refractivity contribution in [2.24, 2.45) is 5.10 Å². The second-order valence-corrected chi connectivity index (χ2v) is 2.83. The van der Waals surface area contributed by atoms with Gasteiger partial charge in [0.15, 0.2) is 0 Å². The normalized spacial score (nSPS) is 11.2. The van der Waals surface area contributed by atoms with E-state index in [1.165, 1.54) is 0 Å².